The predicted octanol–water partition coefficient (Wildman–Crippen LogP) is 4.72. The Morgan fingerprint density at radius 2 is 1.95 bits per heavy atom. The molecule has 2 nitrogen and oxygen atoms in total. The van der Waals surface area contributed by atoms with Crippen molar-refractivity contribution in [1.82, 2.24) is 5.32 Å². The van der Waals surface area contributed by atoms with Crippen LogP contribution in [0.1, 0.15) is 17.2 Å². The fourth-order valence-corrected chi connectivity index (χ4v) is 3.51. The molecule has 1 N–H and O–H groups in total. The third-order valence-corrected chi connectivity index (χ3v) is 4.44. The van der Waals surface area contributed by atoms with Gasteiger partial charge in [0.2, 0.25) is 0 Å². The molecule has 0 amide bonds. The van der Waals surface area contributed by atoms with Crippen molar-refractivity contribution in [2.24, 2.45) is 0 Å². The SMILES string of the molecule is CNC(Cc1cccc(OC)c1)c1ccc(Br)cc1Br. The molecule has 0 saturated heterocycles. The van der Waals surface area contributed by atoms with Gasteiger partial charge in [-0.1, -0.05) is 50.1 Å². The summed E-state index contributed by atoms with van der Waals surface area (Å²) in [6.07, 6.45) is 0.911. The maximum atomic E-state index is 5.28. The van der Waals surface area contributed by atoms with Gasteiger partial charge < -0.3 is 10.1 Å². The first-order chi connectivity index (χ1) is 9.63. The Balaban J connectivity index is 2.23. The van der Waals surface area contributed by atoms with Crippen LogP contribution in [0.3, 0.4) is 0 Å². The molecule has 0 spiro atoms. The fraction of sp³-hybridized carbons (Fsp3) is 0.250. The lowest BCUT2D eigenvalue weighted by Gasteiger charge is -2.19. The quantitative estimate of drug-likeness (QED) is 0.786. The lowest BCUT2D eigenvalue weighted by atomic mass is 9.99. The number of likely N-dealkylation sites (N-methyl/N-ethyl adjacent to an activating group) is 1. The maximum Gasteiger partial charge on any atom is 0.119 e. The van der Waals surface area contributed by atoms with Crippen LogP contribution >= 0.6 is 31.9 Å². The van der Waals surface area contributed by atoms with Crippen LogP contribution in [0.5, 0.6) is 5.75 Å². The highest BCUT2D eigenvalue weighted by molar-refractivity contribution is 9.11. The molecule has 0 heterocycles. The van der Waals surface area contributed by atoms with Crippen LogP contribution < -0.4 is 10.1 Å². The highest BCUT2D eigenvalue weighted by Gasteiger charge is 2.14. The summed E-state index contributed by atoms with van der Waals surface area (Å²) >= 11 is 7.12. The average molecular weight is 399 g/mol. The minimum atomic E-state index is 0.254. The monoisotopic (exact) mass is 397 g/mol. The van der Waals surface area contributed by atoms with Gasteiger partial charge in [0.15, 0.2) is 0 Å². The van der Waals surface area contributed by atoms with Crippen LogP contribution in [0.2, 0.25) is 0 Å². The Morgan fingerprint density at radius 1 is 1.15 bits per heavy atom. The zero-order valence-corrected chi connectivity index (χ0v) is 14.7. The van der Waals surface area contributed by atoms with Gasteiger partial charge in [0, 0.05) is 15.0 Å². The summed E-state index contributed by atoms with van der Waals surface area (Å²) in [6, 6.07) is 14.7. The smallest absolute Gasteiger partial charge is 0.119 e. The van der Waals surface area contributed by atoms with Crippen LogP contribution in [0.4, 0.5) is 0 Å². The second-order valence-electron chi connectivity index (χ2n) is 4.56. The number of nitrogens with one attached hydrogen (secondary N) is 1. The van der Waals surface area contributed by atoms with Gasteiger partial charge >= 0.3 is 0 Å². The first-order valence-corrected chi connectivity index (χ1v) is 7.97. The van der Waals surface area contributed by atoms with E-state index < -0.39 is 0 Å². The second-order valence-corrected chi connectivity index (χ2v) is 6.33. The molecule has 0 saturated carbocycles. The molecular formula is C16H17Br2NO. The number of hydrogen-bond acceptors (Lipinski definition) is 2. The van der Waals surface area contributed by atoms with Crippen LogP contribution in [0, 0.1) is 0 Å². The molecule has 0 aromatic heterocycles. The fourth-order valence-electron chi connectivity index (χ4n) is 2.19. The molecule has 106 valence electrons. The lowest BCUT2D eigenvalue weighted by Crippen LogP contribution is -2.19. The van der Waals surface area contributed by atoms with Gasteiger partial charge in [-0.25, -0.2) is 0 Å². The summed E-state index contributed by atoms with van der Waals surface area (Å²) < 4.78 is 7.46. The summed E-state index contributed by atoms with van der Waals surface area (Å²) in [5, 5.41) is 3.38. The Morgan fingerprint density at radius 3 is 2.60 bits per heavy atom. The number of hydrogen-bond donors (Lipinski definition) is 1. The number of rotatable bonds is 5. The van der Waals surface area contributed by atoms with Crippen LogP contribution in [0.15, 0.2) is 51.4 Å². The van der Waals surface area contributed by atoms with Crippen LogP contribution in [-0.2, 0) is 6.42 Å². The summed E-state index contributed by atoms with van der Waals surface area (Å²) in [5.41, 5.74) is 2.50. The minimum absolute atomic E-state index is 0.254. The van der Waals surface area contributed by atoms with Gasteiger partial charge in [0.1, 0.15) is 5.75 Å². The van der Waals surface area contributed by atoms with E-state index in [1.807, 2.05) is 19.2 Å². The van der Waals surface area contributed by atoms with E-state index in [0.717, 1.165) is 21.1 Å². The molecule has 20 heavy (non-hydrogen) atoms. The molecular weight excluding hydrogens is 382 g/mol. The Kier molecular flexibility index (Phi) is 5.64. The maximum absolute atomic E-state index is 5.28. The van der Waals surface area contributed by atoms with Gasteiger partial charge in [-0.2, -0.15) is 0 Å². The number of halogens is 2. The zero-order chi connectivity index (χ0) is 14.5. The Hall–Kier alpha value is -0.840. The van der Waals surface area contributed by atoms with Gasteiger partial charge in [-0.3, -0.25) is 0 Å². The molecule has 0 aliphatic rings. The van der Waals surface area contributed by atoms with E-state index >= 15 is 0 Å². The molecule has 0 aliphatic heterocycles. The third-order valence-electron chi connectivity index (χ3n) is 3.26. The highest BCUT2D eigenvalue weighted by atomic mass is 79.9. The van der Waals surface area contributed by atoms with E-state index in [1.165, 1.54) is 11.1 Å². The molecule has 0 bridgehead atoms. The third kappa shape index (κ3) is 3.84. The Bertz CT molecular complexity index is 586. The first kappa shape index (κ1) is 15.5. The van der Waals surface area contributed by atoms with E-state index in [0.29, 0.717) is 0 Å². The largest absolute Gasteiger partial charge is 0.497 e. The molecule has 0 radical (unpaired) electrons. The Labute approximate surface area is 136 Å². The van der Waals surface area contributed by atoms with E-state index in [9.17, 15) is 0 Å². The van der Waals surface area contributed by atoms with Gasteiger partial charge in [0.25, 0.3) is 0 Å². The molecule has 1 unspecified atom stereocenters. The zero-order valence-electron chi connectivity index (χ0n) is 11.5. The van der Waals surface area contributed by atoms with Crippen molar-refractivity contribution >= 4 is 31.9 Å². The average Bonchev–Trinajstić information content (AvgIpc) is 2.45. The predicted molar refractivity (Wildman–Crippen MR) is 90.3 cm³/mol. The van der Waals surface area contributed by atoms with E-state index in [-0.39, 0.29) is 6.04 Å². The summed E-state index contributed by atoms with van der Waals surface area (Å²) in [6.45, 7) is 0. The second kappa shape index (κ2) is 7.25. The number of benzene rings is 2. The van der Waals surface area contributed by atoms with Crippen molar-refractivity contribution in [1.29, 1.82) is 0 Å². The van der Waals surface area contributed by atoms with E-state index in [4.69, 9.17) is 4.74 Å². The van der Waals surface area contributed by atoms with E-state index in [2.05, 4.69) is 67.5 Å². The standard InChI is InChI=1S/C16H17Br2NO/c1-19-16(14-7-6-12(17)10-15(14)18)9-11-4-3-5-13(8-11)20-2/h3-8,10,16,19H,9H2,1-2H3. The summed E-state index contributed by atoms with van der Waals surface area (Å²) in [4.78, 5) is 0. The summed E-state index contributed by atoms with van der Waals surface area (Å²) in [7, 11) is 3.68. The van der Waals surface area contributed by atoms with Crippen molar-refractivity contribution in [2.75, 3.05) is 14.2 Å². The summed E-state index contributed by atoms with van der Waals surface area (Å²) in [5.74, 6) is 0.896. The molecule has 2 rings (SSSR count). The lowest BCUT2D eigenvalue weighted by molar-refractivity contribution is 0.414. The van der Waals surface area contributed by atoms with Gasteiger partial charge in [-0.05, 0) is 48.9 Å². The van der Waals surface area contributed by atoms with Crippen molar-refractivity contribution < 1.29 is 4.74 Å². The van der Waals surface area contributed by atoms with Crippen molar-refractivity contribution in [3.63, 3.8) is 0 Å². The number of ether oxygens (including phenoxy) is 1. The molecule has 2 aromatic carbocycles. The van der Waals surface area contributed by atoms with Crippen molar-refractivity contribution in [3.8, 4) is 5.75 Å². The molecule has 4 heteroatoms. The molecule has 0 aliphatic carbocycles. The normalized spacial score (nSPS) is 12.2. The van der Waals surface area contributed by atoms with Gasteiger partial charge in [-0.15, -0.1) is 0 Å². The number of methoxy groups -OCH3 is 1. The van der Waals surface area contributed by atoms with Crippen LogP contribution in [-0.4, -0.2) is 14.2 Å². The van der Waals surface area contributed by atoms with Crippen LogP contribution in [0.25, 0.3) is 0 Å². The topological polar surface area (TPSA) is 21.3 Å². The molecule has 2 aromatic rings. The minimum Gasteiger partial charge on any atom is -0.497 e. The van der Waals surface area contributed by atoms with Crippen molar-refractivity contribution in [3.05, 3.63) is 62.5 Å². The van der Waals surface area contributed by atoms with E-state index in [1.54, 1.807) is 7.11 Å². The molecule has 0 fully saturated rings. The first-order valence-electron chi connectivity index (χ1n) is 6.39. The highest BCUT2D eigenvalue weighted by Crippen LogP contribution is 2.29. The van der Waals surface area contributed by atoms with Gasteiger partial charge in [0.05, 0.1) is 7.11 Å². The molecule has 1 atom stereocenters. The van der Waals surface area contributed by atoms with Crippen molar-refractivity contribution in [2.45, 2.75) is 12.5 Å².